The zero-order valence-electron chi connectivity index (χ0n) is 17.5. The number of benzene rings is 2. The van der Waals surface area contributed by atoms with E-state index in [1.54, 1.807) is 24.3 Å². The highest BCUT2D eigenvalue weighted by Crippen LogP contribution is 2.32. The van der Waals surface area contributed by atoms with E-state index in [0.717, 1.165) is 22.2 Å². The number of carbonyl (C=O) groups excluding carboxylic acids is 2. The number of halogens is 1. The van der Waals surface area contributed by atoms with Gasteiger partial charge in [-0.3, -0.25) is 19.8 Å². The zero-order chi connectivity index (χ0) is 22.9. The van der Waals surface area contributed by atoms with Crippen molar-refractivity contribution < 1.29 is 19.5 Å². The molecule has 9 heteroatoms. The second-order valence-corrected chi connectivity index (χ2v) is 8.32. The number of rotatable bonds is 6. The molecule has 2 amide bonds. The Kier molecular flexibility index (Phi) is 6.01. The molecule has 4 rings (SSSR count). The average molecular weight is 455 g/mol. The van der Waals surface area contributed by atoms with Crippen molar-refractivity contribution in [1.29, 1.82) is 0 Å². The van der Waals surface area contributed by atoms with E-state index in [2.05, 4.69) is 4.98 Å². The summed E-state index contributed by atoms with van der Waals surface area (Å²) in [6, 6.07) is 14.6. The Hall–Kier alpha value is -3.20. The lowest BCUT2D eigenvalue weighted by Crippen LogP contribution is -2.47. The van der Waals surface area contributed by atoms with Gasteiger partial charge in [0.1, 0.15) is 24.4 Å². The summed E-state index contributed by atoms with van der Waals surface area (Å²) < 4.78 is 5.97. The van der Waals surface area contributed by atoms with Gasteiger partial charge in [0.2, 0.25) is 5.91 Å². The van der Waals surface area contributed by atoms with Gasteiger partial charge in [-0.1, -0.05) is 23.7 Å². The number of likely N-dealkylation sites (tertiary alicyclic amines) is 1. The summed E-state index contributed by atoms with van der Waals surface area (Å²) in [5, 5.41) is 10.3. The molecular formula is C23H23ClN4O4. The maximum atomic E-state index is 12.7. The van der Waals surface area contributed by atoms with E-state index in [9.17, 15) is 9.59 Å². The van der Waals surface area contributed by atoms with E-state index < -0.39 is 11.4 Å². The highest BCUT2D eigenvalue weighted by Gasteiger charge is 2.45. The van der Waals surface area contributed by atoms with Crippen LogP contribution in [-0.4, -0.2) is 40.0 Å². The Bertz CT molecular complexity index is 1180. The smallest absolute Gasteiger partial charge is 0.262 e. The predicted molar refractivity (Wildman–Crippen MR) is 119 cm³/mol. The highest BCUT2D eigenvalue weighted by molar-refractivity contribution is 6.31. The molecule has 2 heterocycles. The maximum Gasteiger partial charge on any atom is 0.262 e. The first-order valence-electron chi connectivity index (χ1n) is 10.1. The number of nitrogens with one attached hydrogen (secondary N) is 1. The number of nitrogens with two attached hydrogens (primary N) is 1. The third-order valence-electron chi connectivity index (χ3n) is 5.65. The van der Waals surface area contributed by atoms with Crippen LogP contribution in [0.2, 0.25) is 5.02 Å². The summed E-state index contributed by atoms with van der Waals surface area (Å²) >= 11 is 6.15. The molecule has 32 heavy (non-hydrogen) atoms. The minimum Gasteiger partial charge on any atom is -0.489 e. The second-order valence-electron chi connectivity index (χ2n) is 7.88. The Labute approximate surface area is 189 Å². The van der Waals surface area contributed by atoms with E-state index in [-0.39, 0.29) is 12.5 Å². The highest BCUT2D eigenvalue weighted by atomic mass is 35.5. The molecule has 1 atom stereocenters. The zero-order valence-corrected chi connectivity index (χ0v) is 18.2. The molecule has 0 radical (unpaired) electrons. The average Bonchev–Trinajstić information content (AvgIpc) is 3.07. The molecule has 8 nitrogen and oxygen atoms in total. The third kappa shape index (κ3) is 4.25. The predicted octanol–water partition coefficient (Wildman–Crippen LogP) is 2.67. The number of fused-ring (bicyclic) bond motifs is 1. The molecule has 1 fully saturated rings. The van der Waals surface area contributed by atoms with Crippen LogP contribution >= 0.6 is 11.6 Å². The standard InChI is InChI=1S/C23H23ClN4O4/c1-14-10-15(19-11-17(24)4-7-20(19)26-14)13-32-18-5-2-16(3-6-18)23(25)8-9-28(22(23)30)12-21(29)27-31/h2-7,10-11,31H,8-9,12-13,25H2,1H3,(H,27,29). The first-order chi connectivity index (χ1) is 15.3. The van der Waals surface area contributed by atoms with Gasteiger partial charge >= 0.3 is 0 Å². The van der Waals surface area contributed by atoms with Crippen LogP contribution in [0.3, 0.4) is 0 Å². The van der Waals surface area contributed by atoms with Crippen molar-refractivity contribution >= 4 is 34.3 Å². The molecule has 0 saturated carbocycles. The topological polar surface area (TPSA) is 118 Å². The number of hydrogen-bond acceptors (Lipinski definition) is 6. The third-order valence-corrected chi connectivity index (χ3v) is 5.89. The molecule has 3 aromatic rings. The van der Waals surface area contributed by atoms with Gasteiger partial charge in [-0.15, -0.1) is 0 Å². The summed E-state index contributed by atoms with van der Waals surface area (Å²) in [4.78, 5) is 30.0. The fourth-order valence-corrected chi connectivity index (χ4v) is 4.15. The largest absolute Gasteiger partial charge is 0.489 e. The first kappa shape index (κ1) is 22.0. The summed E-state index contributed by atoms with van der Waals surface area (Å²) in [5.41, 5.74) is 10.1. The minimum absolute atomic E-state index is 0.237. The summed E-state index contributed by atoms with van der Waals surface area (Å²) in [6.07, 6.45) is 0.369. The van der Waals surface area contributed by atoms with Gasteiger partial charge in [0.25, 0.3) is 5.91 Å². The summed E-state index contributed by atoms with van der Waals surface area (Å²) in [5.74, 6) is -0.388. The van der Waals surface area contributed by atoms with Gasteiger partial charge in [0.15, 0.2) is 0 Å². The van der Waals surface area contributed by atoms with Gasteiger partial charge < -0.3 is 15.4 Å². The summed E-state index contributed by atoms with van der Waals surface area (Å²) in [6.45, 7) is 2.35. The quantitative estimate of drug-likeness (QED) is 0.389. The normalized spacial score (nSPS) is 18.2. The molecule has 1 aliphatic rings. The molecule has 166 valence electrons. The molecule has 1 aliphatic heterocycles. The first-order valence-corrected chi connectivity index (χ1v) is 10.5. The lowest BCUT2D eigenvalue weighted by Gasteiger charge is -2.23. The Morgan fingerprint density at radius 2 is 2.03 bits per heavy atom. The van der Waals surface area contributed by atoms with Crippen LogP contribution in [0, 0.1) is 6.92 Å². The summed E-state index contributed by atoms with van der Waals surface area (Å²) in [7, 11) is 0. The van der Waals surface area contributed by atoms with Crippen LogP contribution in [-0.2, 0) is 21.7 Å². The number of pyridine rings is 1. The maximum absolute atomic E-state index is 12.7. The number of hydroxylamine groups is 1. The fraction of sp³-hybridized carbons (Fsp3) is 0.261. The molecule has 4 N–H and O–H groups in total. The van der Waals surface area contributed by atoms with E-state index in [1.807, 2.05) is 31.2 Å². The van der Waals surface area contributed by atoms with E-state index >= 15 is 0 Å². The van der Waals surface area contributed by atoms with Crippen molar-refractivity contribution in [1.82, 2.24) is 15.4 Å². The van der Waals surface area contributed by atoms with Crippen LogP contribution in [0.5, 0.6) is 5.75 Å². The van der Waals surface area contributed by atoms with Gasteiger partial charge in [-0.05, 0) is 55.3 Å². The number of nitrogens with zero attached hydrogens (tertiary/aromatic N) is 2. The van der Waals surface area contributed by atoms with Crippen LogP contribution in [0.15, 0.2) is 48.5 Å². The molecule has 1 aromatic heterocycles. The number of aromatic nitrogens is 1. The monoisotopic (exact) mass is 454 g/mol. The number of aryl methyl sites for hydroxylation is 1. The SMILES string of the molecule is Cc1cc(COc2ccc(C3(N)CCN(CC(=O)NO)C3=O)cc2)c2cc(Cl)ccc2n1. The number of hydrogen-bond donors (Lipinski definition) is 3. The molecule has 1 saturated heterocycles. The van der Waals surface area contributed by atoms with Crippen LogP contribution < -0.4 is 16.0 Å². The molecule has 1 unspecified atom stereocenters. The number of ether oxygens (including phenoxy) is 1. The molecule has 0 aliphatic carbocycles. The second kappa shape index (κ2) is 8.74. The minimum atomic E-state index is -1.22. The van der Waals surface area contributed by atoms with Crippen molar-refractivity contribution in [2.24, 2.45) is 5.73 Å². The van der Waals surface area contributed by atoms with Crippen molar-refractivity contribution in [3.05, 3.63) is 70.4 Å². The Morgan fingerprint density at radius 3 is 2.75 bits per heavy atom. The van der Waals surface area contributed by atoms with E-state index in [1.165, 1.54) is 10.4 Å². The van der Waals surface area contributed by atoms with Crippen LogP contribution in [0.1, 0.15) is 23.2 Å². The van der Waals surface area contributed by atoms with Crippen LogP contribution in [0.4, 0.5) is 0 Å². The molecule has 0 spiro atoms. The fourth-order valence-electron chi connectivity index (χ4n) is 3.97. The molecule has 0 bridgehead atoms. The lowest BCUT2D eigenvalue weighted by molar-refractivity contribution is -0.139. The van der Waals surface area contributed by atoms with Gasteiger partial charge in [0, 0.05) is 28.2 Å². The van der Waals surface area contributed by atoms with Crippen molar-refractivity contribution in [2.45, 2.75) is 25.5 Å². The van der Waals surface area contributed by atoms with Gasteiger partial charge in [-0.25, -0.2) is 5.48 Å². The number of carbonyl (C=O) groups is 2. The van der Waals surface area contributed by atoms with E-state index in [4.69, 9.17) is 27.3 Å². The number of amides is 2. The van der Waals surface area contributed by atoms with Gasteiger partial charge in [-0.2, -0.15) is 0 Å². The lowest BCUT2D eigenvalue weighted by atomic mass is 9.89. The van der Waals surface area contributed by atoms with Crippen molar-refractivity contribution in [3.8, 4) is 5.75 Å². The molecular weight excluding hydrogens is 432 g/mol. The Morgan fingerprint density at radius 1 is 1.28 bits per heavy atom. The van der Waals surface area contributed by atoms with Crippen molar-refractivity contribution in [2.75, 3.05) is 13.1 Å². The molecule has 2 aromatic carbocycles. The van der Waals surface area contributed by atoms with Gasteiger partial charge in [0.05, 0.1) is 5.52 Å². The van der Waals surface area contributed by atoms with E-state index in [0.29, 0.717) is 35.9 Å². The van der Waals surface area contributed by atoms with Crippen LogP contribution in [0.25, 0.3) is 10.9 Å². The Balaban J connectivity index is 1.48. The van der Waals surface area contributed by atoms with Crippen molar-refractivity contribution in [3.63, 3.8) is 0 Å².